The number of aliphatic carboxylic acids is 1. The number of non-ortho nitro benzene ring substituents is 2. The first-order chi connectivity index (χ1) is 14.2. The normalized spacial score (nSPS) is 9.87. The van der Waals surface area contributed by atoms with Crippen molar-refractivity contribution in [3.63, 3.8) is 0 Å². The van der Waals surface area contributed by atoms with Crippen LogP contribution in [0.1, 0.15) is 10.4 Å². The Labute approximate surface area is 168 Å². The number of hydrogen-bond acceptors (Lipinski definition) is 7. The van der Waals surface area contributed by atoms with E-state index in [0.29, 0.717) is 6.07 Å². The molecule has 0 radical (unpaired) electrons. The molecule has 30 heavy (non-hydrogen) atoms. The lowest BCUT2D eigenvalue weighted by Gasteiger charge is -2.07. The Morgan fingerprint density at radius 1 is 0.867 bits per heavy atom. The van der Waals surface area contributed by atoms with Crippen LogP contribution in [-0.4, -0.2) is 38.5 Å². The van der Waals surface area contributed by atoms with Gasteiger partial charge in [0.25, 0.3) is 11.4 Å². The molecule has 0 heterocycles. The van der Waals surface area contributed by atoms with E-state index in [-0.39, 0.29) is 6.54 Å². The third-order valence-electron chi connectivity index (χ3n) is 3.79. The van der Waals surface area contributed by atoms with Gasteiger partial charge in [-0.25, -0.2) is 4.79 Å². The maximum absolute atomic E-state index is 10.5. The van der Waals surface area contributed by atoms with Crippen molar-refractivity contribution < 1.29 is 29.6 Å². The molecule has 0 aliphatic heterocycles. The van der Waals surface area contributed by atoms with Gasteiger partial charge >= 0.3 is 11.9 Å². The van der Waals surface area contributed by atoms with Crippen molar-refractivity contribution in [3.05, 3.63) is 86.5 Å². The molecular formula is C19H15N3O8. The number of anilines is 1. The van der Waals surface area contributed by atoms with Gasteiger partial charge in [0.1, 0.15) is 6.54 Å². The van der Waals surface area contributed by atoms with Gasteiger partial charge in [-0.2, -0.15) is 0 Å². The molecule has 0 spiro atoms. The predicted octanol–water partition coefficient (Wildman–Crippen LogP) is 3.54. The fourth-order valence-corrected chi connectivity index (χ4v) is 2.48. The third kappa shape index (κ3) is 5.73. The Bertz CT molecular complexity index is 1050. The zero-order chi connectivity index (χ0) is 22.3. The van der Waals surface area contributed by atoms with E-state index in [1.54, 1.807) is 0 Å². The Hall–Kier alpha value is -4.54. The van der Waals surface area contributed by atoms with Gasteiger partial charge in [0.2, 0.25) is 0 Å². The molecular weight excluding hydrogens is 398 g/mol. The zero-order valence-electron chi connectivity index (χ0n) is 15.2. The molecule has 154 valence electrons. The number of nitrogens with zero attached hydrogens (tertiary/aromatic N) is 2. The second kappa shape index (κ2) is 9.59. The first-order valence-electron chi connectivity index (χ1n) is 8.29. The second-order valence-corrected chi connectivity index (χ2v) is 5.83. The summed E-state index contributed by atoms with van der Waals surface area (Å²) in [5, 5.41) is 42.9. The van der Waals surface area contributed by atoms with Crippen molar-refractivity contribution in [3.8, 4) is 0 Å². The lowest BCUT2D eigenvalue weighted by molar-refractivity contribution is -0.394. The number of benzene rings is 3. The van der Waals surface area contributed by atoms with Crippen molar-refractivity contribution >= 4 is 39.8 Å². The number of aromatic carboxylic acids is 1. The summed E-state index contributed by atoms with van der Waals surface area (Å²) in [7, 11) is 0. The molecule has 0 unspecified atom stereocenters. The number of carbonyl (C=O) groups is 2. The molecule has 0 aliphatic carbocycles. The minimum Gasteiger partial charge on any atom is -0.480 e. The number of nitro benzene ring substituents is 2. The van der Waals surface area contributed by atoms with E-state index in [0.717, 1.165) is 28.6 Å². The Morgan fingerprint density at radius 2 is 1.43 bits per heavy atom. The van der Waals surface area contributed by atoms with Crippen LogP contribution in [0.5, 0.6) is 0 Å². The molecule has 0 atom stereocenters. The van der Waals surface area contributed by atoms with Crippen LogP contribution < -0.4 is 5.32 Å². The van der Waals surface area contributed by atoms with Gasteiger partial charge in [0, 0.05) is 23.2 Å². The van der Waals surface area contributed by atoms with Crippen molar-refractivity contribution in [1.82, 2.24) is 0 Å². The van der Waals surface area contributed by atoms with Crippen LogP contribution in [0, 0.1) is 20.2 Å². The standard InChI is InChI=1S/C12H11NO2.C7H4N2O6/c14-12(15)8-13-11-7-3-5-9-4-1-2-6-10(9)11;10-7(11)4-1-5(8(12)13)3-6(2-4)9(14)15/h1-7,13H,8H2,(H,14,15);1-3H,(H,10,11). The summed E-state index contributed by atoms with van der Waals surface area (Å²) >= 11 is 0. The van der Waals surface area contributed by atoms with Crippen LogP contribution in [0.25, 0.3) is 10.8 Å². The summed E-state index contributed by atoms with van der Waals surface area (Å²) in [6.45, 7) is -0.0615. The largest absolute Gasteiger partial charge is 0.480 e. The molecule has 11 nitrogen and oxygen atoms in total. The smallest absolute Gasteiger partial charge is 0.336 e. The first-order valence-corrected chi connectivity index (χ1v) is 8.29. The van der Waals surface area contributed by atoms with Gasteiger partial charge in [0.05, 0.1) is 21.5 Å². The number of hydrogen-bond donors (Lipinski definition) is 3. The van der Waals surface area contributed by atoms with Gasteiger partial charge < -0.3 is 15.5 Å². The van der Waals surface area contributed by atoms with E-state index in [4.69, 9.17) is 10.2 Å². The van der Waals surface area contributed by atoms with Gasteiger partial charge in [-0.3, -0.25) is 25.0 Å². The second-order valence-electron chi connectivity index (χ2n) is 5.83. The Kier molecular flexibility index (Phi) is 6.96. The van der Waals surface area contributed by atoms with E-state index in [1.807, 2.05) is 42.5 Å². The number of fused-ring (bicyclic) bond motifs is 1. The van der Waals surface area contributed by atoms with Gasteiger partial charge in [-0.1, -0.05) is 36.4 Å². The van der Waals surface area contributed by atoms with Crippen molar-refractivity contribution in [2.45, 2.75) is 0 Å². The van der Waals surface area contributed by atoms with E-state index in [1.165, 1.54) is 0 Å². The van der Waals surface area contributed by atoms with E-state index < -0.39 is 38.7 Å². The van der Waals surface area contributed by atoms with Crippen molar-refractivity contribution in [2.24, 2.45) is 0 Å². The molecule has 0 saturated heterocycles. The highest BCUT2D eigenvalue weighted by molar-refractivity contribution is 5.94. The van der Waals surface area contributed by atoms with Gasteiger partial charge in [-0.05, 0) is 11.5 Å². The lowest BCUT2D eigenvalue weighted by atomic mass is 10.1. The molecule has 0 fully saturated rings. The molecule has 11 heteroatoms. The molecule has 0 aliphatic rings. The Balaban J connectivity index is 0.000000214. The van der Waals surface area contributed by atoms with Crippen molar-refractivity contribution in [1.29, 1.82) is 0 Å². The van der Waals surface area contributed by atoms with E-state index >= 15 is 0 Å². The zero-order valence-corrected chi connectivity index (χ0v) is 15.2. The fraction of sp³-hybridized carbons (Fsp3) is 0.0526. The highest BCUT2D eigenvalue weighted by atomic mass is 16.6. The summed E-state index contributed by atoms with van der Waals surface area (Å²) in [5.74, 6) is -2.32. The van der Waals surface area contributed by atoms with Crippen LogP contribution in [0.3, 0.4) is 0 Å². The monoisotopic (exact) mass is 413 g/mol. The summed E-state index contributed by atoms with van der Waals surface area (Å²) in [6, 6.07) is 15.9. The van der Waals surface area contributed by atoms with Crippen LogP contribution in [0.4, 0.5) is 17.1 Å². The number of carboxylic acid groups (broad SMARTS) is 2. The van der Waals surface area contributed by atoms with Crippen LogP contribution in [-0.2, 0) is 4.79 Å². The van der Waals surface area contributed by atoms with E-state index in [2.05, 4.69) is 5.32 Å². The maximum Gasteiger partial charge on any atom is 0.336 e. The highest BCUT2D eigenvalue weighted by Gasteiger charge is 2.19. The average molecular weight is 413 g/mol. The highest BCUT2D eigenvalue weighted by Crippen LogP contribution is 2.23. The minimum absolute atomic E-state index is 0.0615. The average Bonchev–Trinajstić information content (AvgIpc) is 2.72. The molecule has 3 rings (SSSR count). The van der Waals surface area contributed by atoms with Crippen LogP contribution >= 0.6 is 0 Å². The van der Waals surface area contributed by atoms with Crippen LogP contribution in [0.2, 0.25) is 0 Å². The predicted molar refractivity (Wildman–Crippen MR) is 107 cm³/mol. The van der Waals surface area contributed by atoms with Crippen molar-refractivity contribution in [2.75, 3.05) is 11.9 Å². The first kappa shape index (κ1) is 21.8. The number of nitrogens with one attached hydrogen (secondary N) is 1. The minimum atomic E-state index is -1.46. The number of nitro groups is 2. The molecule has 0 saturated carbocycles. The Morgan fingerprint density at radius 3 is 1.97 bits per heavy atom. The SMILES string of the molecule is O=C(O)CNc1cccc2ccccc12.O=C(O)c1cc([N+](=O)[O-])cc([N+](=O)[O-])c1. The molecule has 3 N–H and O–H groups in total. The quantitative estimate of drug-likeness (QED) is 0.403. The molecule has 0 aromatic heterocycles. The number of rotatable bonds is 6. The maximum atomic E-state index is 10.5. The van der Waals surface area contributed by atoms with Crippen LogP contribution in [0.15, 0.2) is 60.7 Å². The van der Waals surface area contributed by atoms with E-state index in [9.17, 15) is 29.8 Å². The lowest BCUT2D eigenvalue weighted by Crippen LogP contribution is -2.12. The molecule has 0 amide bonds. The molecule has 3 aromatic carbocycles. The van der Waals surface area contributed by atoms with Gasteiger partial charge in [0.15, 0.2) is 0 Å². The summed E-state index contributed by atoms with van der Waals surface area (Å²) in [5.41, 5.74) is -0.880. The number of carboxylic acids is 2. The molecule has 0 bridgehead atoms. The summed E-state index contributed by atoms with van der Waals surface area (Å²) in [4.78, 5) is 39.9. The molecule has 3 aromatic rings. The summed E-state index contributed by atoms with van der Waals surface area (Å²) in [6.07, 6.45) is 0. The fourth-order valence-electron chi connectivity index (χ4n) is 2.48. The third-order valence-corrected chi connectivity index (χ3v) is 3.79. The topological polar surface area (TPSA) is 173 Å². The summed E-state index contributed by atoms with van der Waals surface area (Å²) < 4.78 is 0. The van der Waals surface area contributed by atoms with Gasteiger partial charge in [-0.15, -0.1) is 0 Å².